The van der Waals surface area contributed by atoms with E-state index in [1.54, 1.807) is 30.7 Å². The number of pyridine rings is 2. The summed E-state index contributed by atoms with van der Waals surface area (Å²) in [5, 5.41) is 2.95. The molecule has 0 saturated carbocycles. The zero-order valence-electron chi connectivity index (χ0n) is 19.2. The van der Waals surface area contributed by atoms with Crippen LogP contribution in [0.2, 0.25) is 0 Å². The third-order valence-corrected chi connectivity index (χ3v) is 5.58. The van der Waals surface area contributed by atoms with E-state index >= 15 is 0 Å². The number of hydrogen-bond donors (Lipinski definition) is 1. The van der Waals surface area contributed by atoms with Gasteiger partial charge < -0.3 is 14.8 Å². The molecule has 1 amide bonds. The smallest absolute Gasteiger partial charge is 0.238 e. The standard InChI is InChI=1S/C26H30N4O3/c1-26(2)12-6-16-30(18-24(31)29-21-10-14-27-15-11-21)17-20-7-5-13-28-25(20)33-23-9-4-3-8-22(23)32-19-26/h3-5,7-11,13-15H,6,12,16-19H2,1-2H3,(H,27,29,31). The number of nitrogens with zero attached hydrogens (tertiary/aromatic N) is 3. The van der Waals surface area contributed by atoms with Crippen molar-refractivity contribution in [1.29, 1.82) is 0 Å². The number of anilines is 1. The number of carbonyl (C=O) groups is 1. The molecule has 0 radical (unpaired) electrons. The van der Waals surface area contributed by atoms with Gasteiger partial charge in [0.05, 0.1) is 13.2 Å². The quantitative estimate of drug-likeness (QED) is 0.616. The molecule has 0 fully saturated rings. The van der Waals surface area contributed by atoms with Gasteiger partial charge in [0.25, 0.3) is 0 Å². The second-order valence-corrected chi connectivity index (χ2v) is 9.07. The highest BCUT2D eigenvalue weighted by atomic mass is 16.5. The van der Waals surface area contributed by atoms with E-state index in [0.717, 1.165) is 30.6 Å². The van der Waals surface area contributed by atoms with Gasteiger partial charge in [-0.05, 0) is 55.1 Å². The van der Waals surface area contributed by atoms with Gasteiger partial charge in [0.1, 0.15) is 0 Å². The fraction of sp³-hybridized carbons (Fsp3) is 0.346. The van der Waals surface area contributed by atoms with Gasteiger partial charge in [-0.25, -0.2) is 4.98 Å². The number of para-hydroxylation sites is 2. The first-order valence-corrected chi connectivity index (χ1v) is 11.2. The molecule has 0 atom stereocenters. The first-order chi connectivity index (χ1) is 16.0. The van der Waals surface area contributed by atoms with Crippen LogP contribution in [0, 0.1) is 5.41 Å². The van der Waals surface area contributed by atoms with E-state index in [4.69, 9.17) is 9.47 Å². The average molecular weight is 447 g/mol. The van der Waals surface area contributed by atoms with Crippen LogP contribution >= 0.6 is 0 Å². The van der Waals surface area contributed by atoms with Crippen LogP contribution in [0.15, 0.2) is 67.1 Å². The number of rotatable bonds is 3. The van der Waals surface area contributed by atoms with Crippen LogP contribution in [0.25, 0.3) is 0 Å². The molecule has 3 aromatic rings. The number of benzene rings is 1. The van der Waals surface area contributed by atoms with Gasteiger partial charge in [-0.15, -0.1) is 0 Å². The molecular formula is C26H30N4O3. The summed E-state index contributed by atoms with van der Waals surface area (Å²) < 4.78 is 12.4. The van der Waals surface area contributed by atoms with Crippen LogP contribution in [0.5, 0.6) is 17.4 Å². The molecule has 0 spiro atoms. The Morgan fingerprint density at radius 3 is 2.67 bits per heavy atom. The van der Waals surface area contributed by atoms with Crippen LogP contribution in [-0.2, 0) is 11.3 Å². The molecular weight excluding hydrogens is 416 g/mol. The largest absolute Gasteiger partial charge is 0.489 e. The molecule has 1 aliphatic rings. The topological polar surface area (TPSA) is 76.6 Å². The van der Waals surface area contributed by atoms with E-state index in [1.165, 1.54) is 0 Å². The van der Waals surface area contributed by atoms with Gasteiger partial charge in [-0.1, -0.05) is 32.0 Å². The Morgan fingerprint density at radius 1 is 1.06 bits per heavy atom. The second kappa shape index (κ2) is 10.4. The summed E-state index contributed by atoms with van der Waals surface area (Å²) >= 11 is 0. The Morgan fingerprint density at radius 2 is 1.85 bits per heavy atom. The third-order valence-electron chi connectivity index (χ3n) is 5.58. The molecule has 2 aromatic heterocycles. The molecule has 0 unspecified atom stereocenters. The Bertz CT molecular complexity index is 1070. The van der Waals surface area contributed by atoms with Crippen molar-refractivity contribution in [2.75, 3.05) is 25.0 Å². The summed E-state index contributed by atoms with van der Waals surface area (Å²) in [5.41, 5.74) is 1.64. The van der Waals surface area contributed by atoms with Crippen LogP contribution in [0.3, 0.4) is 0 Å². The van der Waals surface area contributed by atoms with Crippen molar-refractivity contribution in [3.8, 4) is 17.4 Å². The molecule has 7 heteroatoms. The normalized spacial score (nSPS) is 16.4. The lowest BCUT2D eigenvalue weighted by atomic mass is 9.88. The van der Waals surface area contributed by atoms with Gasteiger partial charge in [0.2, 0.25) is 11.8 Å². The summed E-state index contributed by atoms with van der Waals surface area (Å²) in [6.07, 6.45) is 6.95. The first kappa shape index (κ1) is 22.7. The second-order valence-electron chi connectivity index (χ2n) is 9.07. The highest BCUT2D eigenvalue weighted by Gasteiger charge is 2.23. The van der Waals surface area contributed by atoms with Crippen molar-refractivity contribution in [3.05, 3.63) is 72.7 Å². The maximum atomic E-state index is 12.8. The summed E-state index contributed by atoms with van der Waals surface area (Å²) in [6.45, 7) is 6.57. The molecule has 7 nitrogen and oxygen atoms in total. The monoisotopic (exact) mass is 446 g/mol. The van der Waals surface area contributed by atoms with Crippen molar-refractivity contribution in [1.82, 2.24) is 14.9 Å². The lowest BCUT2D eigenvalue weighted by molar-refractivity contribution is -0.117. The Labute approximate surface area is 194 Å². The number of carbonyl (C=O) groups excluding carboxylic acids is 1. The van der Waals surface area contributed by atoms with Crippen molar-refractivity contribution in [3.63, 3.8) is 0 Å². The van der Waals surface area contributed by atoms with Crippen molar-refractivity contribution >= 4 is 11.6 Å². The van der Waals surface area contributed by atoms with Gasteiger partial charge in [-0.3, -0.25) is 14.7 Å². The van der Waals surface area contributed by atoms with E-state index in [-0.39, 0.29) is 17.9 Å². The average Bonchev–Trinajstić information content (AvgIpc) is 2.80. The fourth-order valence-electron chi connectivity index (χ4n) is 3.81. The minimum absolute atomic E-state index is 0.0166. The number of fused-ring (bicyclic) bond motifs is 2. The van der Waals surface area contributed by atoms with Crippen molar-refractivity contribution in [2.24, 2.45) is 5.41 Å². The van der Waals surface area contributed by atoms with Gasteiger partial charge in [0, 0.05) is 36.4 Å². The number of aromatic nitrogens is 2. The molecule has 0 bridgehead atoms. The Kier molecular flexibility index (Phi) is 7.19. The molecule has 0 saturated heterocycles. The predicted octanol–water partition coefficient (Wildman–Crippen LogP) is 4.91. The van der Waals surface area contributed by atoms with Crippen molar-refractivity contribution < 1.29 is 14.3 Å². The van der Waals surface area contributed by atoms with E-state index in [9.17, 15) is 4.79 Å². The highest BCUT2D eigenvalue weighted by molar-refractivity contribution is 5.92. The van der Waals surface area contributed by atoms with E-state index in [0.29, 0.717) is 30.5 Å². The first-order valence-electron chi connectivity index (χ1n) is 11.2. The SMILES string of the molecule is CC1(C)CCCN(CC(=O)Nc2ccncc2)Cc2cccnc2Oc2ccccc2OC1. The molecule has 1 aromatic carbocycles. The maximum absolute atomic E-state index is 12.8. The number of amides is 1. The van der Waals surface area contributed by atoms with Gasteiger partial charge in [0.15, 0.2) is 11.5 Å². The molecule has 4 rings (SSSR count). The molecule has 172 valence electrons. The zero-order chi connectivity index (χ0) is 23.1. The summed E-state index contributed by atoms with van der Waals surface area (Å²) in [7, 11) is 0. The van der Waals surface area contributed by atoms with Gasteiger partial charge in [-0.2, -0.15) is 0 Å². The predicted molar refractivity (Wildman–Crippen MR) is 127 cm³/mol. The fourth-order valence-corrected chi connectivity index (χ4v) is 3.81. The lowest BCUT2D eigenvalue weighted by Crippen LogP contribution is -2.34. The number of hydrogen-bond acceptors (Lipinski definition) is 6. The number of ether oxygens (including phenoxy) is 2. The van der Waals surface area contributed by atoms with Crippen LogP contribution in [0.4, 0.5) is 5.69 Å². The molecule has 1 aliphatic heterocycles. The molecule has 1 N–H and O–H groups in total. The summed E-state index contributed by atoms with van der Waals surface area (Å²) in [5.74, 6) is 1.79. The molecule has 0 aliphatic carbocycles. The minimum atomic E-state index is -0.0650. The minimum Gasteiger partial charge on any atom is -0.489 e. The van der Waals surface area contributed by atoms with Gasteiger partial charge >= 0.3 is 0 Å². The van der Waals surface area contributed by atoms with Crippen LogP contribution in [-0.4, -0.2) is 40.5 Å². The summed E-state index contributed by atoms with van der Waals surface area (Å²) in [6, 6.07) is 15.1. The third kappa shape index (κ3) is 6.52. The zero-order valence-corrected chi connectivity index (χ0v) is 19.2. The van der Waals surface area contributed by atoms with Crippen molar-refractivity contribution in [2.45, 2.75) is 33.2 Å². The Hall–Kier alpha value is -3.45. The molecule has 3 heterocycles. The van der Waals surface area contributed by atoms with E-state index in [1.807, 2.05) is 36.4 Å². The Balaban J connectivity index is 1.58. The summed E-state index contributed by atoms with van der Waals surface area (Å²) in [4.78, 5) is 23.4. The lowest BCUT2D eigenvalue weighted by Gasteiger charge is -2.27. The highest BCUT2D eigenvalue weighted by Crippen LogP contribution is 2.34. The van der Waals surface area contributed by atoms with E-state index in [2.05, 4.69) is 34.0 Å². The maximum Gasteiger partial charge on any atom is 0.238 e. The van der Waals surface area contributed by atoms with Crippen LogP contribution < -0.4 is 14.8 Å². The molecule has 33 heavy (non-hydrogen) atoms. The van der Waals surface area contributed by atoms with Crippen LogP contribution in [0.1, 0.15) is 32.3 Å². The van der Waals surface area contributed by atoms with E-state index < -0.39 is 0 Å². The number of nitrogens with one attached hydrogen (secondary N) is 1.